The summed E-state index contributed by atoms with van der Waals surface area (Å²) in [7, 11) is 0. The number of benzene rings is 1. The third-order valence-corrected chi connectivity index (χ3v) is 7.26. The Labute approximate surface area is 212 Å². The fraction of sp³-hybridized carbons (Fsp3) is 0.276. The molecule has 0 radical (unpaired) electrons. The molecule has 3 aromatic heterocycles. The molecule has 0 saturated carbocycles. The van der Waals surface area contributed by atoms with Gasteiger partial charge in [0.2, 0.25) is 0 Å². The third-order valence-electron chi connectivity index (χ3n) is 6.90. The molecule has 2 atom stereocenters. The molecule has 1 fully saturated rings. The number of aryl methyl sites for hydroxylation is 4. The topological polar surface area (TPSA) is 46.0 Å². The molecule has 0 aliphatic carbocycles. The third kappa shape index (κ3) is 4.23. The maximum absolute atomic E-state index is 5.88. The van der Waals surface area contributed by atoms with E-state index >= 15 is 0 Å². The van der Waals surface area contributed by atoms with E-state index < -0.39 is 0 Å². The molecule has 1 aromatic carbocycles. The van der Waals surface area contributed by atoms with Gasteiger partial charge in [0.05, 0.1) is 35.7 Å². The van der Waals surface area contributed by atoms with Crippen LogP contribution in [0.25, 0.3) is 5.69 Å². The van der Waals surface area contributed by atoms with Gasteiger partial charge in [-0.25, -0.2) is 0 Å². The molecule has 1 saturated heterocycles. The van der Waals surface area contributed by atoms with E-state index in [2.05, 4.69) is 84.7 Å². The van der Waals surface area contributed by atoms with Crippen LogP contribution in [-0.2, 0) is 6.54 Å². The zero-order chi connectivity index (χ0) is 24.7. The summed E-state index contributed by atoms with van der Waals surface area (Å²) in [5, 5.41) is 4.30. The number of nitrogens with one attached hydrogen (secondary N) is 1. The first-order chi connectivity index (χ1) is 16.8. The van der Waals surface area contributed by atoms with Crippen LogP contribution in [0.4, 0.5) is 0 Å². The van der Waals surface area contributed by atoms with Crippen LogP contribution in [0.1, 0.15) is 57.1 Å². The lowest BCUT2D eigenvalue weighted by Crippen LogP contribution is -2.29. The average Bonchev–Trinajstić information content (AvgIpc) is 3.30. The molecule has 1 aliphatic rings. The SMILES string of the molecule is Cc1cc(C)c(-n2c(C)cc([C@H]3[C@@H](c4ccccn4)NC(=S)N3Cc3ccccn3)c2C)c(C)c1. The summed E-state index contributed by atoms with van der Waals surface area (Å²) in [6.07, 6.45) is 3.68. The van der Waals surface area contributed by atoms with E-state index in [-0.39, 0.29) is 12.1 Å². The fourth-order valence-corrected chi connectivity index (χ4v) is 5.84. The quantitative estimate of drug-likeness (QED) is 0.355. The molecule has 4 heterocycles. The Hall–Kier alpha value is -3.51. The summed E-state index contributed by atoms with van der Waals surface area (Å²) in [5.74, 6) is 0. The van der Waals surface area contributed by atoms with Crippen LogP contribution < -0.4 is 5.32 Å². The number of hydrogen-bond acceptors (Lipinski definition) is 3. The van der Waals surface area contributed by atoms with E-state index in [0.717, 1.165) is 16.5 Å². The van der Waals surface area contributed by atoms with Crippen LogP contribution in [0.3, 0.4) is 0 Å². The molecule has 0 spiro atoms. The van der Waals surface area contributed by atoms with Crippen LogP contribution in [0.15, 0.2) is 67.0 Å². The highest BCUT2D eigenvalue weighted by Crippen LogP contribution is 2.42. The van der Waals surface area contributed by atoms with Crippen molar-refractivity contribution in [2.24, 2.45) is 0 Å². The van der Waals surface area contributed by atoms with E-state index in [1.807, 2.05) is 36.7 Å². The molecule has 0 bridgehead atoms. The lowest BCUT2D eigenvalue weighted by Gasteiger charge is -2.28. The van der Waals surface area contributed by atoms with Crippen molar-refractivity contribution in [3.8, 4) is 5.69 Å². The number of pyridine rings is 2. The standard InChI is InChI=1S/C29H31N5S/c1-18-14-19(2)27(20(3)15-18)34-21(4)16-24(22(34)5)28-26(25-11-7-9-13-31-25)32-29(35)33(28)17-23-10-6-8-12-30-23/h6-16,26,28H,17H2,1-5H3,(H,32,35)/t26-,28+/m1/s1. The van der Waals surface area contributed by atoms with Gasteiger partial charge in [0.15, 0.2) is 5.11 Å². The van der Waals surface area contributed by atoms with Crippen molar-refractivity contribution in [1.82, 2.24) is 24.8 Å². The number of aromatic nitrogens is 3. The van der Waals surface area contributed by atoms with E-state index in [1.54, 1.807) is 0 Å². The van der Waals surface area contributed by atoms with Crippen molar-refractivity contribution in [2.75, 3.05) is 0 Å². The average molecular weight is 482 g/mol. The van der Waals surface area contributed by atoms with Crippen LogP contribution in [0, 0.1) is 34.6 Å². The molecule has 0 amide bonds. The molecule has 1 aliphatic heterocycles. The molecule has 178 valence electrons. The molecule has 4 aromatic rings. The van der Waals surface area contributed by atoms with Crippen molar-refractivity contribution in [3.05, 3.63) is 112 Å². The molecular weight excluding hydrogens is 450 g/mol. The Balaban J connectivity index is 1.65. The monoisotopic (exact) mass is 481 g/mol. The van der Waals surface area contributed by atoms with Crippen molar-refractivity contribution >= 4 is 17.3 Å². The zero-order valence-corrected chi connectivity index (χ0v) is 21.7. The Morgan fingerprint density at radius 3 is 2.20 bits per heavy atom. The fourth-order valence-electron chi connectivity index (χ4n) is 5.54. The van der Waals surface area contributed by atoms with Gasteiger partial charge in [-0.2, -0.15) is 0 Å². The maximum Gasteiger partial charge on any atom is 0.170 e. The van der Waals surface area contributed by atoms with Crippen molar-refractivity contribution in [3.63, 3.8) is 0 Å². The summed E-state index contributed by atoms with van der Waals surface area (Å²) in [6.45, 7) is 11.6. The second-order valence-electron chi connectivity index (χ2n) is 9.48. The van der Waals surface area contributed by atoms with Gasteiger partial charge in [0.25, 0.3) is 0 Å². The minimum atomic E-state index is -0.0541. The van der Waals surface area contributed by atoms with Gasteiger partial charge in [-0.05, 0) is 93.9 Å². The van der Waals surface area contributed by atoms with Gasteiger partial charge >= 0.3 is 0 Å². The Morgan fingerprint density at radius 1 is 0.886 bits per heavy atom. The number of rotatable bonds is 5. The first kappa shape index (κ1) is 23.2. The van der Waals surface area contributed by atoms with Gasteiger partial charge in [-0.1, -0.05) is 29.8 Å². The molecule has 0 unspecified atom stereocenters. The predicted octanol–water partition coefficient (Wildman–Crippen LogP) is 5.98. The summed E-state index contributed by atoms with van der Waals surface area (Å²) < 4.78 is 2.40. The van der Waals surface area contributed by atoms with Crippen LogP contribution in [0.5, 0.6) is 0 Å². The highest BCUT2D eigenvalue weighted by Gasteiger charge is 2.41. The smallest absolute Gasteiger partial charge is 0.170 e. The van der Waals surface area contributed by atoms with Crippen LogP contribution in [0.2, 0.25) is 0 Å². The van der Waals surface area contributed by atoms with Crippen LogP contribution >= 0.6 is 12.2 Å². The first-order valence-electron chi connectivity index (χ1n) is 12.0. The van der Waals surface area contributed by atoms with E-state index in [0.29, 0.717) is 6.54 Å². The highest BCUT2D eigenvalue weighted by atomic mass is 32.1. The van der Waals surface area contributed by atoms with Crippen molar-refractivity contribution in [1.29, 1.82) is 0 Å². The first-order valence-corrected chi connectivity index (χ1v) is 12.4. The Bertz CT molecular complexity index is 1350. The van der Waals surface area contributed by atoms with E-state index in [4.69, 9.17) is 17.2 Å². The van der Waals surface area contributed by atoms with Gasteiger partial charge < -0.3 is 14.8 Å². The molecule has 5 rings (SSSR count). The number of thiocarbonyl (C=S) groups is 1. The molecular formula is C29H31N5S. The largest absolute Gasteiger partial charge is 0.352 e. The number of hydrogen-bond donors (Lipinski definition) is 1. The zero-order valence-electron chi connectivity index (χ0n) is 20.9. The van der Waals surface area contributed by atoms with E-state index in [1.165, 1.54) is 39.3 Å². The Morgan fingerprint density at radius 2 is 1.57 bits per heavy atom. The van der Waals surface area contributed by atoms with Gasteiger partial charge in [0, 0.05) is 23.8 Å². The molecule has 35 heavy (non-hydrogen) atoms. The molecule has 6 heteroatoms. The number of nitrogens with zero attached hydrogens (tertiary/aromatic N) is 4. The van der Waals surface area contributed by atoms with Crippen molar-refractivity contribution in [2.45, 2.75) is 53.2 Å². The summed E-state index contributed by atoms with van der Waals surface area (Å²) >= 11 is 5.88. The normalized spacial score (nSPS) is 17.6. The van der Waals surface area contributed by atoms with Gasteiger partial charge in [-0.15, -0.1) is 0 Å². The maximum atomic E-state index is 5.88. The second-order valence-corrected chi connectivity index (χ2v) is 9.87. The minimum absolute atomic E-state index is 0.00887. The predicted molar refractivity (Wildman–Crippen MR) is 145 cm³/mol. The second kappa shape index (κ2) is 9.27. The molecule has 1 N–H and O–H groups in total. The lowest BCUT2D eigenvalue weighted by molar-refractivity contribution is 0.307. The highest BCUT2D eigenvalue weighted by molar-refractivity contribution is 7.80. The van der Waals surface area contributed by atoms with Crippen molar-refractivity contribution < 1.29 is 0 Å². The minimum Gasteiger partial charge on any atom is -0.352 e. The summed E-state index contributed by atoms with van der Waals surface area (Å²) in [4.78, 5) is 11.5. The van der Waals surface area contributed by atoms with E-state index in [9.17, 15) is 0 Å². The van der Waals surface area contributed by atoms with Crippen LogP contribution in [-0.4, -0.2) is 24.5 Å². The summed E-state index contributed by atoms with van der Waals surface area (Å²) in [5.41, 5.74) is 10.8. The van der Waals surface area contributed by atoms with Gasteiger partial charge in [0.1, 0.15) is 0 Å². The molecule has 5 nitrogen and oxygen atoms in total. The Kier molecular flexibility index (Phi) is 6.15. The lowest BCUT2D eigenvalue weighted by atomic mass is 9.96. The van der Waals surface area contributed by atoms with Gasteiger partial charge in [-0.3, -0.25) is 9.97 Å². The summed E-state index contributed by atoms with van der Waals surface area (Å²) in [6, 6.07) is 18.9.